The fraction of sp³-hybridized carbons (Fsp3) is 0.769. The van der Waals surface area contributed by atoms with Gasteiger partial charge in [0.25, 0.3) is 6.43 Å². The Labute approximate surface area is 113 Å². The molecule has 0 atom stereocenters. The minimum atomic E-state index is -2.40. The van der Waals surface area contributed by atoms with Crippen molar-refractivity contribution in [2.45, 2.75) is 39.2 Å². The van der Waals surface area contributed by atoms with Gasteiger partial charge in [-0.15, -0.1) is 0 Å². The molecule has 0 unspecified atom stereocenters. The van der Waals surface area contributed by atoms with Gasteiger partial charge in [-0.05, 0) is 0 Å². The predicted octanol–water partition coefficient (Wildman–Crippen LogP) is 2.09. The maximum Gasteiger partial charge on any atom is 0.261 e. The Bertz CT molecular complexity index is 386. The number of rotatable bonds is 7. The van der Waals surface area contributed by atoms with Crippen LogP contribution in [0.5, 0.6) is 0 Å². The van der Waals surface area contributed by atoms with Gasteiger partial charge < -0.3 is 10.1 Å². The molecule has 0 bridgehead atoms. The zero-order chi connectivity index (χ0) is 14.5. The number of alkyl halides is 2. The molecule has 1 rings (SSSR count). The van der Waals surface area contributed by atoms with E-state index in [0.29, 0.717) is 13.1 Å². The molecule has 0 aliphatic heterocycles. The van der Waals surface area contributed by atoms with E-state index in [-0.39, 0.29) is 12.0 Å². The van der Waals surface area contributed by atoms with Crippen molar-refractivity contribution >= 4 is 0 Å². The van der Waals surface area contributed by atoms with Crippen LogP contribution < -0.4 is 5.32 Å². The molecule has 0 saturated carbocycles. The number of nitrogens with one attached hydrogen (secondary N) is 1. The third-order valence-corrected chi connectivity index (χ3v) is 2.60. The summed E-state index contributed by atoms with van der Waals surface area (Å²) in [6.45, 7) is 7.35. The summed E-state index contributed by atoms with van der Waals surface area (Å²) in [5.74, 6) is 0. The van der Waals surface area contributed by atoms with E-state index in [4.69, 9.17) is 4.74 Å². The number of hydrogen-bond donors (Lipinski definition) is 1. The van der Waals surface area contributed by atoms with Gasteiger partial charge >= 0.3 is 0 Å². The molecule has 0 spiro atoms. The Morgan fingerprint density at radius 2 is 2.11 bits per heavy atom. The summed E-state index contributed by atoms with van der Waals surface area (Å²) in [5.41, 5.74) is 2.17. The lowest BCUT2D eigenvalue weighted by Gasteiger charge is -2.17. The Balaban J connectivity index is 2.37. The summed E-state index contributed by atoms with van der Waals surface area (Å²) in [4.78, 5) is 0. The predicted molar refractivity (Wildman–Crippen MR) is 70.4 cm³/mol. The van der Waals surface area contributed by atoms with Crippen molar-refractivity contribution in [1.82, 2.24) is 15.1 Å². The molecule has 1 aromatic heterocycles. The zero-order valence-electron chi connectivity index (χ0n) is 12.0. The summed E-state index contributed by atoms with van der Waals surface area (Å²) in [6.07, 6.45) is -0.418. The van der Waals surface area contributed by atoms with Crippen molar-refractivity contribution in [1.29, 1.82) is 0 Å². The second-order valence-corrected chi connectivity index (χ2v) is 5.57. The molecular weight excluding hydrogens is 252 g/mol. The summed E-state index contributed by atoms with van der Waals surface area (Å²) in [6, 6.07) is 0. The molecule has 0 aliphatic carbocycles. The van der Waals surface area contributed by atoms with Crippen LogP contribution in [0.15, 0.2) is 6.20 Å². The largest absolute Gasteiger partial charge is 0.374 e. The SMILES string of the molecule is Cn1cc(CNCCOCC(F)F)c(C(C)(C)C)n1. The van der Waals surface area contributed by atoms with Crippen LogP contribution in [0.1, 0.15) is 32.0 Å². The Kier molecular flexibility index (Phi) is 5.87. The van der Waals surface area contributed by atoms with E-state index < -0.39 is 13.0 Å². The van der Waals surface area contributed by atoms with Gasteiger partial charge in [0.1, 0.15) is 6.61 Å². The number of ether oxygens (including phenoxy) is 1. The zero-order valence-corrected chi connectivity index (χ0v) is 12.0. The van der Waals surface area contributed by atoms with E-state index in [9.17, 15) is 8.78 Å². The standard InChI is InChI=1S/C13H23F2N3O/c1-13(2,3)12-10(8-18(4)17-12)7-16-5-6-19-9-11(14)15/h8,11,16H,5-7,9H2,1-4H3. The van der Waals surface area contributed by atoms with Gasteiger partial charge in [0.05, 0.1) is 12.3 Å². The normalized spacial score (nSPS) is 12.4. The van der Waals surface area contributed by atoms with Crippen molar-refractivity contribution in [2.75, 3.05) is 19.8 Å². The topological polar surface area (TPSA) is 39.1 Å². The van der Waals surface area contributed by atoms with Crippen LogP contribution in [0.3, 0.4) is 0 Å². The minimum absolute atomic E-state index is 0.00948. The van der Waals surface area contributed by atoms with Crippen molar-refractivity contribution in [3.05, 3.63) is 17.5 Å². The molecule has 110 valence electrons. The Morgan fingerprint density at radius 1 is 1.42 bits per heavy atom. The monoisotopic (exact) mass is 275 g/mol. The van der Waals surface area contributed by atoms with E-state index in [0.717, 1.165) is 11.3 Å². The van der Waals surface area contributed by atoms with Crippen LogP contribution in [-0.4, -0.2) is 36.0 Å². The van der Waals surface area contributed by atoms with Crippen LogP contribution in [0, 0.1) is 0 Å². The number of aryl methyl sites for hydroxylation is 1. The summed E-state index contributed by atoms with van der Waals surface area (Å²) >= 11 is 0. The third kappa shape index (κ3) is 5.65. The molecule has 19 heavy (non-hydrogen) atoms. The fourth-order valence-electron chi connectivity index (χ4n) is 1.84. The highest BCUT2D eigenvalue weighted by atomic mass is 19.3. The molecule has 0 aliphatic rings. The van der Waals surface area contributed by atoms with Crippen LogP contribution >= 0.6 is 0 Å². The molecule has 0 fully saturated rings. The first-order valence-electron chi connectivity index (χ1n) is 6.40. The van der Waals surface area contributed by atoms with Gasteiger partial charge in [0.2, 0.25) is 0 Å². The molecular formula is C13H23F2N3O. The highest BCUT2D eigenvalue weighted by molar-refractivity contribution is 5.23. The average molecular weight is 275 g/mol. The molecule has 1 heterocycles. The molecule has 4 nitrogen and oxygen atoms in total. The molecule has 6 heteroatoms. The smallest absolute Gasteiger partial charge is 0.261 e. The van der Waals surface area contributed by atoms with Crippen LogP contribution in [0.2, 0.25) is 0 Å². The van der Waals surface area contributed by atoms with E-state index in [2.05, 4.69) is 31.2 Å². The van der Waals surface area contributed by atoms with Crippen molar-refractivity contribution < 1.29 is 13.5 Å². The summed E-state index contributed by atoms with van der Waals surface area (Å²) in [7, 11) is 1.89. The van der Waals surface area contributed by atoms with Crippen LogP contribution in [0.25, 0.3) is 0 Å². The summed E-state index contributed by atoms with van der Waals surface area (Å²) in [5, 5.41) is 7.64. The maximum absolute atomic E-state index is 11.8. The fourth-order valence-corrected chi connectivity index (χ4v) is 1.84. The second-order valence-electron chi connectivity index (χ2n) is 5.57. The molecule has 0 radical (unpaired) electrons. The van der Waals surface area contributed by atoms with Gasteiger partial charge in [-0.1, -0.05) is 20.8 Å². The number of hydrogen-bond acceptors (Lipinski definition) is 3. The van der Waals surface area contributed by atoms with Gasteiger partial charge in [0, 0.05) is 37.3 Å². The Morgan fingerprint density at radius 3 is 2.68 bits per heavy atom. The van der Waals surface area contributed by atoms with Crippen LogP contribution in [0.4, 0.5) is 8.78 Å². The first kappa shape index (κ1) is 16.0. The van der Waals surface area contributed by atoms with Gasteiger partial charge in [-0.25, -0.2) is 8.78 Å². The molecule has 1 aromatic rings. The van der Waals surface area contributed by atoms with Crippen LogP contribution in [-0.2, 0) is 23.7 Å². The lowest BCUT2D eigenvalue weighted by Crippen LogP contribution is -2.23. The van der Waals surface area contributed by atoms with Gasteiger partial charge in [0.15, 0.2) is 0 Å². The molecule has 0 saturated heterocycles. The highest BCUT2D eigenvalue weighted by Crippen LogP contribution is 2.23. The maximum atomic E-state index is 11.8. The van der Waals surface area contributed by atoms with Gasteiger partial charge in [-0.3, -0.25) is 4.68 Å². The summed E-state index contributed by atoms with van der Waals surface area (Å²) < 4.78 is 30.3. The van der Waals surface area contributed by atoms with E-state index in [1.807, 2.05) is 13.2 Å². The first-order valence-corrected chi connectivity index (χ1v) is 6.40. The quantitative estimate of drug-likeness (QED) is 0.774. The molecule has 0 aromatic carbocycles. The lowest BCUT2D eigenvalue weighted by molar-refractivity contribution is 0.0187. The van der Waals surface area contributed by atoms with E-state index in [1.165, 1.54) is 0 Å². The highest BCUT2D eigenvalue weighted by Gasteiger charge is 2.21. The second kappa shape index (κ2) is 6.96. The average Bonchev–Trinajstić information content (AvgIpc) is 2.64. The van der Waals surface area contributed by atoms with Crippen molar-refractivity contribution in [2.24, 2.45) is 7.05 Å². The van der Waals surface area contributed by atoms with Crippen molar-refractivity contribution in [3.63, 3.8) is 0 Å². The first-order chi connectivity index (χ1) is 8.80. The number of aromatic nitrogens is 2. The van der Waals surface area contributed by atoms with E-state index >= 15 is 0 Å². The lowest BCUT2D eigenvalue weighted by atomic mass is 9.89. The van der Waals surface area contributed by atoms with Crippen molar-refractivity contribution in [3.8, 4) is 0 Å². The number of halogens is 2. The third-order valence-electron chi connectivity index (χ3n) is 2.60. The van der Waals surface area contributed by atoms with Gasteiger partial charge in [-0.2, -0.15) is 5.10 Å². The minimum Gasteiger partial charge on any atom is -0.374 e. The Hall–Kier alpha value is -1.01. The molecule has 0 amide bonds. The number of nitrogens with zero attached hydrogens (tertiary/aromatic N) is 2. The van der Waals surface area contributed by atoms with E-state index in [1.54, 1.807) is 4.68 Å². The molecule has 1 N–H and O–H groups in total.